The van der Waals surface area contributed by atoms with Gasteiger partial charge in [0.1, 0.15) is 11.5 Å². The van der Waals surface area contributed by atoms with Crippen LogP contribution in [0.5, 0.6) is 0 Å². The predicted molar refractivity (Wildman–Crippen MR) is 118 cm³/mol. The van der Waals surface area contributed by atoms with E-state index in [4.69, 9.17) is 4.74 Å². The van der Waals surface area contributed by atoms with E-state index in [1.54, 1.807) is 36.4 Å². The van der Waals surface area contributed by atoms with Gasteiger partial charge in [0.15, 0.2) is 0 Å². The summed E-state index contributed by atoms with van der Waals surface area (Å²) in [5, 5.41) is 8.17. The number of morpholine rings is 1. The van der Waals surface area contributed by atoms with Crippen LogP contribution in [-0.4, -0.2) is 42.8 Å². The highest BCUT2D eigenvalue weighted by molar-refractivity contribution is 6.44. The van der Waals surface area contributed by atoms with Crippen molar-refractivity contribution in [3.05, 3.63) is 54.3 Å². The van der Waals surface area contributed by atoms with Gasteiger partial charge in [-0.1, -0.05) is 18.2 Å². The summed E-state index contributed by atoms with van der Waals surface area (Å²) in [5.41, 5.74) is 1.65. The number of hydrogen-bond acceptors (Lipinski definition) is 5. The highest BCUT2D eigenvalue weighted by Crippen LogP contribution is 2.26. The lowest BCUT2D eigenvalue weighted by atomic mass is 10.1. The van der Waals surface area contributed by atoms with Crippen molar-refractivity contribution in [2.45, 2.75) is 38.9 Å². The van der Waals surface area contributed by atoms with Crippen LogP contribution in [0.15, 0.2) is 53.6 Å². The third-order valence-corrected chi connectivity index (χ3v) is 5.26. The molecule has 2 aliphatic rings. The maximum absolute atomic E-state index is 14.8. The summed E-state index contributed by atoms with van der Waals surface area (Å²) < 4.78 is 20.5. The summed E-state index contributed by atoms with van der Waals surface area (Å²) in [4.78, 5) is 26.9. The number of nitrogens with one attached hydrogen (secondary N) is 1. The smallest absolute Gasteiger partial charge is 0.271 e. The van der Waals surface area contributed by atoms with E-state index in [0.717, 1.165) is 0 Å². The number of benzene rings is 2. The zero-order valence-corrected chi connectivity index (χ0v) is 17.5. The monoisotopic (exact) mass is 424 g/mol. The van der Waals surface area contributed by atoms with E-state index in [1.165, 1.54) is 11.1 Å². The average molecular weight is 424 g/mol. The highest BCUT2D eigenvalue weighted by Gasteiger charge is 2.27. The van der Waals surface area contributed by atoms with Crippen LogP contribution in [0, 0.1) is 5.82 Å². The maximum Gasteiger partial charge on any atom is 0.271 e. The predicted octanol–water partition coefficient (Wildman–Crippen LogP) is 3.56. The minimum absolute atomic E-state index is 0.0158. The number of nitrogens with zero attached hydrogens (tertiary/aromatic N) is 3. The number of amides is 2. The molecule has 0 bridgehead atoms. The Morgan fingerprint density at radius 3 is 2.48 bits per heavy atom. The van der Waals surface area contributed by atoms with Crippen molar-refractivity contribution < 1.29 is 18.7 Å². The number of carbonyl (C=O) groups is 2. The molecule has 4 rings (SSSR count). The first-order valence-corrected chi connectivity index (χ1v) is 10.4. The molecule has 7 nitrogen and oxygen atoms in total. The molecule has 1 N–H and O–H groups in total. The lowest BCUT2D eigenvalue weighted by molar-refractivity contribution is -0.118. The Kier molecular flexibility index (Phi) is 5.99. The van der Waals surface area contributed by atoms with Crippen molar-refractivity contribution >= 4 is 34.6 Å². The molecule has 2 amide bonds. The second-order valence-corrected chi connectivity index (χ2v) is 7.87. The van der Waals surface area contributed by atoms with E-state index in [9.17, 15) is 14.0 Å². The Labute approximate surface area is 180 Å². The number of rotatable bonds is 4. The number of anilines is 3. The number of halogens is 1. The Balaban J connectivity index is 1.48. The molecule has 31 heavy (non-hydrogen) atoms. The molecule has 0 saturated carbocycles. The first-order chi connectivity index (χ1) is 14.9. The van der Waals surface area contributed by atoms with E-state index in [-0.39, 0.29) is 36.7 Å². The van der Waals surface area contributed by atoms with Gasteiger partial charge in [-0.05, 0) is 44.2 Å². The molecule has 2 aliphatic heterocycles. The molecule has 0 spiro atoms. The number of ether oxygens (including phenoxy) is 1. The van der Waals surface area contributed by atoms with Crippen molar-refractivity contribution in [2.24, 2.45) is 5.10 Å². The Morgan fingerprint density at radius 2 is 1.81 bits per heavy atom. The first-order valence-electron chi connectivity index (χ1n) is 10.4. The standard InChI is InChI=1S/C23H25FN4O3/c1-15-13-27(14-16(2)31-15)21-10-8-17(12-19(21)24)25-23(30)20-9-11-22(29)28(26-20)18-6-4-3-5-7-18/h3-8,10,12,15-16H,9,11,13-14H2,1-2H3,(H,25,30). The van der Waals surface area contributed by atoms with Gasteiger partial charge in [0.25, 0.3) is 5.91 Å². The molecular weight excluding hydrogens is 399 g/mol. The van der Waals surface area contributed by atoms with E-state index in [2.05, 4.69) is 10.4 Å². The third kappa shape index (κ3) is 4.74. The van der Waals surface area contributed by atoms with Crippen LogP contribution in [0.1, 0.15) is 26.7 Å². The van der Waals surface area contributed by atoms with Gasteiger partial charge in [0.05, 0.1) is 23.6 Å². The lowest BCUT2D eigenvalue weighted by Crippen LogP contribution is -2.45. The fourth-order valence-corrected chi connectivity index (χ4v) is 3.91. The molecule has 162 valence electrons. The zero-order chi connectivity index (χ0) is 22.0. The van der Waals surface area contributed by atoms with Crippen LogP contribution in [0.4, 0.5) is 21.5 Å². The Morgan fingerprint density at radius 1 is 1.10 bits per heavy atom. The number of carbonyl (C=O) groups excluding carboxylic acids is 2. The van der Waals surface area contributed by atoms with E-state index < -0.39 is 11.7 Å². The fourth-order valence-electron chi connectivity index (χ4n) is 3.91. The fraction of sp³-hybridized carbons (Fsp3) is 0.348. The molecule has 1 saturated heterocycles. The average Bonchev–Trinajstić information content (AvgIpc) is 2.74. The van der Waals surface area contributed by atoms with Crippen molar-refractivity contribution in [2.75, 3.05) is 28.3 Å². The third-order valence-electron chi connectivity index (χ3n) is 5.26. The highest BCUT2D eigenvalue weighted by atomic mass is 19.1. The van der Waals surface area contributed by atoms with Gasteiger partial charge in [-0.25, -0.2) is 9.40 Å². The van der Waals surface area contributed by atoms with Crippen LogP contribution in [0.2, 0.25) is 0 Å². The van der Waals surface area contributed by atoms with Gasteiger partial charge in [-0.3, -0.25) is 9.59 Å². The topological polar surface area (TPSA) is 74.2 Å². The molecule has 2 aromatic carbocycles. The van der Waals surface area contributed by atoms with Crippen molar-refractivity contribution in [1.29, 1.82) is 0 Å². The summed E-state index contributed by atoms with van der Waals surface area (Å²) >= 11 is 0. The second kappa shape index (κ2) is 8.85. The minimum atomic E-state index is -0.450. The SMILES string of the molecule is CC1CN(c2ccc(NC(=O)C3=NN(c4ccccc4)C(=O)CC3)cc2F)CC(C)O1. The van der Waals surface area contributed by atoms with E-state index >= 15 is 0 Å². The quantitative estimate of drug-likeness (QED) is 0.815. The van der Waals surface area contributed by atoms with Crippen LogP contribution in [0.25, 0.3) is 0 Å². The van der Waals surface area contributed by atoms with Gasteiger partial charge < -0.3 is 15.0 Å². The Bertz CT molecular complexity index is 1000. The molecule has 0 radical (unpaired) electrons. The van der Waals surface area contributed by atoms with Gasteiger partial charge in [-0.15, -0.1) is 0 Å². The molecule has 2 heterocycles. The second-order valence-electron chi connectivity index (χ2n) is 7.87. The number of hydrazone groups is 1. The van der Waals surface area contributed by atoms with E-state index in [1.807, 2.05) is 24.8 Å². The van der Waals surface area contributed by atoms with Crippen LogP contribution in [0.3, 0.4) is 0 Å². The van der Waals surface area contributed by atoms with Crippen LogP contribution >= 0.6 is 0 Å². The molecule has 0 aliphatic carbocycles. The van der Waals surface area contributed by atoms with E-state index in [0.29, 0.717) is 30.2 Å². The molecular formula is C23H25FN4O3. The summed E-state index contributed by atoms with van der Waals surface area (Å²) in [5.74, 6) is -1.04. The molecule has 2 aromatic rings. The summed E-state index contributed by atoms with van der Waals surface area (Å²) in [6, 6.07) is 13.6. The number of para-hydroxylation sites is 1. The van der Waals surface area contributed by atoms with Crippen LogP contribution < -0.4 is 15.2 Å². The van der Waals surface area contributed by atoms with Crippen molar-refractivity contribution in [1.82, 2.24) is 0 Å². The zero-order valence-electron chi connectivity index (χ0n) is 17.5. The van der Waals surface area contributed by atoms with Crippen molar-refractivity contribution in [3.63, 3.8) is 0 Å². The lowest BCUT2D eigenvalue weighted by Gasteiger charge is -2.37. The first kappa shape index (κ1) is 21.0. The minimum Gasteiger partial charge on any atom is -0.372 e. The molecule has 0 aromatic heterocycles. The van der Waals surface area contributed by atoms with Gasteiger partial charge in [0.2, 0.25) is 5.91 Å². The molecule has 1 fully saturated rings. The van der Waals surface area contributed by atoms with Gasteiger partial charge >= 0.3 is 0 Å². The summed E-state index contributed by atoms with van der Waals surface area (Å²) in [6.07, 6.45) is 0.448. The van der Waals surface area contributed by atoms with Gasteiger partial charge in [-0.2, -0.15) is 5.10 Å². The summed E-state index contributed by atoms with van der Waals surface area (Å²) in [6.45, 7) is 5.13. The normalized spacial score (nSPS) is 21.6. The summed E-state index contributed by atoms with van der Waals surface area (Å²) in [7, 11) is 0. The Hall–Kier alpha value is -3.26. The molecule has 2 atom stereocenters. The van der Waals surface area contributed by atoms with Crippen LogP contribution in [-0.2, 0) is 14.3 Å². The molecule has 8 heteroatoms. The largest absolute Gasteiger partial charge is 0.372 e. The molecule has 2 unspecified atom stereocenters. The number of hydrogen-bond donors (Lipinski definition) is 1. The van der Waals surface area contributed by atoms with Gasteiger partial charge in [0, 0.05) is 31.6 Å². The maximum atomic E-state index is 14.8. The van der Waals surface area contributed by atoms with Crippen molar-refractivity contribution in [3.8, 4) is 0 Å².